The Hall–Kier alpha value is -0.710. The molecule has 0 aliphatic carbocycles. The van der Waals surface area contributed by atoms with Crippen molar-refractivity contribution in [1.82, 2.24) is 10.2 Å². The van der Waals surface area contributed by atoms with Crippen molar-refractivity contribution in [1.29, 1.82) is 5.41 Å². The number of hydrogen-bond donors (Lipinski definition) is 2. The number of carbonyl (C=O) groups excluding carboxylic acids is 1. The van der Waals surface area contributed by atoms with Crippen molar-refractivity contribution in [3.8, 4) is 0 Å². The van der Waals surface area contributed by atoms with Crippen LogP contribution >= 0.6 is 23.0 Å². The summed E-state index contributed by atoms with van der Waals surface area (Å²) in [4.78, 5) is 16.7. The molecule has 0 rings (SSSR count). The molecule has 0 heterocycles. The summed E-state index contributed by atoms with van der Waals surface area (Å²) in [5.41, 5.74) is 0. The second kappa shape index (κ2) is 11.4. The molecule has 0 fully saturated rings. The van der Waals surface area contributed by atoms with Crippen LogP contribution in [0.1, 0.15) is 6.42 Å². The van der Waals surface area contributed by atoms with Crippen molar-refractivity contribution in [3.63, 3.8) is 0 Å². The van der Waals surface area contributed by atoms with Crippen LogP contribution in [0.15, 0.2) is 12.3 Å². The van der Waals surface area contributed by atoms with E-state index < -0.39 is 0 Å². The van der Waals surface area contributed by atoms with Gasteiger partial charge in [0, 0.05) is 26.9 Å². The van der Waals surface area contributed by atoms with Gasteiger partial charge in [-0.15, -0.1) is 0 Å². The Morgan fingerprint density at radius 2 is 2.33 bits per heavy atom. The van der Waals surface area contributed by atoms with Crippen molar-refractivity contribution in [2.45, 2.75) is 12.5 Å². The Balaban J connectivity index is 3.89. The van der Waals surface area contributed by atoms with Gasteiger partial charge < -0.3 is 15.0 Å². The summed E-state index contributed by atoms with van der Waals surface area (Å²) in [5, 5.41) is 9.54. The normalized spacial score (nSPS) is 12.4. The van der Waals surface area contributed by atoms with Crippen molar-refractivity contribution < 1.29 is 17.6 Å². The second-order valence-corrected chi connectivity index (χ2v) is 3.83. The van der Waals surface area contributed by atoms with Crippen LogP contribution in [0, 0.1) is 5.41 Å². The first-order valence-corrected chi connectivity index (χ1v) is 6.12. The highest BCUT2D eigenvalue weighted by atomic mass is 127. The van der Waals surface area contributed by atoms with Crippen LogP contribution in [0.25, 0.3) is 0 Å². The van der Waals surface area contributed by atoms with Crippen molar-refractivity contribution in [2.75, 3.05) is 27.3 Å². The fourth-order valence-electron chi connectivity index (χ4n) is 1.11. The van der Waals surface area contributed by atoms with E-state index in [9.17, 15) is 4.79 Å². The number of methoxy groups -OCH3 is 1. The summed E-state index contributed by atoms with van der Waals surface area (Å²) in [6.45, 7) is 1.09. The van der Waals surface area contributed by atoms with E-state index in [-0.39, 0.29) is 11.9 Å². The molecule has 0 saturated carbocycles. The molecule has 8 heteroatoms. The first kappa shape index (κ1) is 17.3. The molecule has 0 aromatic heterocycles. The number of carbonyl (C=O) groups is 1. The van der Waals surface area contributed by atoms with Crippen LogP contribution in [0.2, 0.25) is 0 Å². The number of amides is 1. The number of nitrogens with zero attached hydrogens (tertiary/aromatic N) is 1. The van der Waals surface area contributed by atoms with E-state index in [1.165, 1.54) is 6.08 Å². The van der Waals surface area contributed by atoms with E-state index in [0.29, 0.717) is 13.0 Å². The Morgan fingerprint density at radius 3 is 2.89 bits per heavy atom. The summed E-state index contributed by atoms with van der Waals surface area (Å²) in [7, 11) is 3.48. The van der Waals surface area contributed by atoms with Gasteiger partial charge in [0.25, 0.3) is 0 Å². The molecule has 1 atom stereocenters. The number of rotatable bonds is 10. The number of amidine groups is 1. The summed E-state index contributed by atoms with van der Waals surface area (Å²) >= 11 is 1.65. The largest absolute Gasteiger partial charge is 0.380 e. The van der Waals surface area contributed by atoms with Gasteiger partial charge in [-0.25, -0.2) is 4.89 Å². The third kappa shape index (κ3) is 9.33. The summed E-state index contributed by atoms with van der Waals surface area (Å²) < 4.78 is 9.69. The molecule has 0 radical (unpaired) electrons. The Labute approximate surface area is 121 Å². The van der Waals surface area contributed by atoms with Gasteiger partial charge in [0.15, 0.2) is 23.0 Å². The molecule has 0 spiro atoms. The molecule has 0 bridgehead atoms. The molecule has 0 aliphatic rings. The monoisotopic (exact) mass is 371 g/mol. The number of hydrogen-bond acceptors (Lipinski definition) is 6. The maximum Gasteiger partial charge on any atom is 0.212 e. The average molecular weight is 371 g/mol. The number of halogens is 1. The van der Waals surface area contributed by atoms with Crippen LogP contribution in [0.3, 0.4) is 0 Å². The summed E-state index contributed by atoms with van der Waals surface area (Å²) in [5.74, 6) is 0.0433. The lowest BCUT2D eigenvalue weighted by Gasteiger charge is -2.18. The maximum absolute atomic E-state index is 10.1. The first-order chi connectivity index (χ1) is 8.63. The van der Waals surface area contributed by atoms with Crippen molar-refractivity contribution >= 4 is 35.3 Å². The SMILES string of the molecule is COC(CCN(C)/C=C\C(=N)NC=O)COOI. The van der Waals surface area contributed by atoms with E-state index in [4.69, 9.17) is 15.0 Å². The predicted molar refractivity (Wildman–Crippen MR) is 75.2 cm³/mol. The summed E-state index contributed by atoms with van der Waals surface area (Å²) in [6.07, 6.45) is 4.38. The van der Waals surface area contributed by atoms with Crippen LogP contribution in [0.5, 0.6) is 0 Å². The fraction of sp³-hybridized carbons (Fsp3) is 0.600. The van der Waals surface area contributed by atoms with Crippen molar-refractivity contribution in [2.24, 2.45) is 0 Å². The fourth-order valence-corrected chi connectivity index (χ4v) is 1.25. The minimum absolute atomic E-state index is 0.0433. The Morgan fingerprint density at radius 1 is 1.61 bits per heavy atom. The number of nitrogens with one attached hydrogen (secondary N) is 2. The average Bonchev–Trinajstić information content (AvgIpc) is 2.37. The zero-order valence-electron chi connectivity index (χ0n) is 10.4. The first-order valence-electron chi connectivity index (χ1n) is 5.24. The highest BCUT2D eigenvalue weighted by molar-refractivity contribution is 14.1. The van der Waals surface area contributed by atoms with Crippen LogP contribution in [-0.2, 0) is 17.6 Å². The van der Waals surface area contributed by atoms with Gasteiger partial charge >= 0.3 is 0 Å². The highest BCUT2D eigenvalue weighted by Gasteiger charge is 2.08. The van der Waals surface area contributed by atoms with Gasteiger partial charge in [0.05, 0.1) is 6.10 Å². The van der Waals surface area contributed by atoms with Gasteiger partial charge in [-0.3, -0.25) is 10.2 Å². The van der Waals surface area contributed by atoms with Crippen LogP contribution in [-0.4, -0.2) is 50.6 Å². The predicted octanol–water partition coefficient (Wildman–Crippen LogP) is 0.858. The molecule has 2 N–H and O–H groups in total. The zero-order chi connectivity index (χ0) is 13.8. The maximum atomic E-state index is 10.1. The lowest BCUT2D eigenvalue weighted by molar-refractivity contribution is -0.191. The smallest absolute Gasteiger partial charge is 0.212 e. The second-order valence-electron chi connectivity index (χ2n) is 3.47. The van der Waals surface area contributed by atoms with Gasteiger partial charge in [-0.1, -0.05) is 0 Å². The van der Waals surface area contributed by atoms with E-state index >= 15 is 0 Å². The van der Waals surface area contributed by atoms with E-state index in [1.54, 1.807) is 36.3 Å². The molecular formula is C10H18IN3O4. The quantitative estimate of drug-likeness (QED) is 0.149. The topological polar surface area (TPSA) is 83.9 Å². The Kier molecular flexibility index (Phi) is 10.9. The molecule has 7 nitrogen and oxygen atoms in total. The molecule has 0 saturated heterocycles. The van der Waals surface area contributed by atoms with Crippen LogP contribution in [0.4, 0.5) is 0 Å². The zero-order valence-corrected chi connectivity index (χ0v) is 12.5. The lowest BCUT2D eigenvalue weighted by Crippen LogP contribution is -2.25. The van der Waals surface area contributed by atoms with E-state index in [0.717, 1.165) is 13.0 Å². The van der Waals surface area contributed by atoms with E-state index in [1.807, 2.05) is 11.9 Å². The molecule has 104 valence electrons. The van der Waals surface area contributed by atoms with Gasteiger partial charge in [0.1, 0.15) is 12.4 Å². The van der Waals surface area contributed by atoms with Crippen molar-refractivity contribution in [3.05, 3.63) is 12.3 Å². The minimum Gasteiger partial charge on any atom is -0.380 e. The third-order valence-corrected chi connectivity index (χ3v) is 2.40. The molecule has 18 heavy (non-hydrogen) atoms. The van der Waals surface area contributed by atoms with Crippen LogP contribution < -0.4 is 5.32 Å². The lowest BCUT2D eigenvalue weighted by atomic mass is 10.2. The molecular weight excluding hydrogens is 353 g/mol. The standard InChI is InChI=1S/C10H18IN3O4/c1-14(6-4-10(12)13-8-15)5-3-9(16-2)7-17-18-11/h4,6,8-9H,3,5,7H2,1-2H3,(H2,12,13,15)/b6-4-. The molecule has 0 aromatic carbocycles. The van der Waals surface area contributed by atoms with E-state index in [2.05, 4.69) is 8.53 Å². The summed E-state index contributed by atoms with van der Waals surface area (Å²) in [6, 6.07) is 0. The minimum atomic E-state index is -0.0526. The number of ether oxygens (including phenoxy) is 1. The molecule has 0 aliphatic heterocycles. The molecule has 0 aromatic rings. The van der Waals surface area contributed by atoms with Gasteiger partial charge in [-0.2, -0.15) is 3.22 Å². The Bertz CT molecular complexity index is 276. The molecule has 1 amide bonds. The van der Waals surface area contributed by atoms with Gasteiger partial charge in [0.2, 0.25) is 6.41 Å². The highest BCUT2D eigenvalue weighted by Crippen LogP contribution is 2.02. The van der Waals surface area contributed by atoms with Gasteiger partial charge in [-0.05, 0) is 12.5 Å². The third-order valence-electron chi connectivity index (χ3n) is 2.15. The molecule has 1 unspecified atom stereocenters.